The molecular weight excluding hydrogens is 318 g/mol. The number of rotatable bonds is 2. The quantitative estimate of drug-likeness (QED) is 0.908. The van der Waals surface area contributed by atoms with Crippen LogP contribution in [0.2, 0.25) is 0 Å². The van der Waals surface area contributed by atoms with Crippen LogP contribution in [-0.4, -0.2) is 35.3 Å². The highest BCUT2D eigenvalue weighted by Gasteiger charge is 2.30. The van der Waals surface area contributed by atoms with Gasteiger partial charge in [-0.2, -0.15) is 0 Å². The van der Waals surface area contributed by atoms with Crippen LogP contribution in [0.5, 0.6) is 11.5 Å². The molecule has 132 valence electrons. The number of amides is 2. The number of carbonyl (C=O) groups is 1. The van der Waals surface area contributed by atoms with Crippen LogP contribution in [0.4, 0.5) is 10.5 Å². The molecule has 3 heterocycles. The van der Waals surface area contributed by atoms with Crippen LogP contribution >= 0.6 is 0 Å². The molecule has 0 saturated heterocycles. The summed E-state index contributed by atoms with van der Waals surface area (Å²) >= 11 is 0. The molecular formula is C19H23N3O3. The van der Waals surface area contributed by atoms with E-state index in [1.807, 2.05) is 23.1 Å². The lowest BCUT2D eigenvalue weighted by molar-refractivity contribution is 0.165. The second-order valence-corrected chi connectivity index (χ2v) is 6.46. The third-order valence-electron chi connectivity index (χ3n) is 4.96. The van der Waals surface area contributed by atoms with Crippen molar-refractivity contribution in [1.82, 2.24) is 9.47 Å². The summed E-state index contributed by atoms with van der Waals surface area (Å²) in [6.45, 7) is 6.86. The van der Waals surface area contributed by atoms with Crippen molar-refractivity contribution in [1.29, 1.82) is 0 Å². The fourth-order valence-corrected chi connectivity index (χ4v) is 3.70. The second kappa shape index (κ2) is 6.35. The zero-order valence-electron chi connectivity index (χ0n) is 14.6. The fraction of sp³-hybridized carbons (Fsp3) is 0.421. The van der Waals surface area contributed by atoms with E-state index < -0.39 is 0 Å². The minimum atomic E-state index is -0.0753. The minimum Gasteiger partial charge on any atom is -0.486 e. The molecule has 2 aliphatic heterocycles. The molecule has 1 N–H and O–H groups in total. The van der Waals surface area contributed by atoms with Crippen molar-refractivity contribution >= 4 is 11.7 Å². The Balaban J connectivity index is 1.53. The molecule has 4 rings (SSSR count). The molecule has 0 fully saturated rings. The number of hydrogen-bond donors (Lipinski definition) is 1. The van der Waals surface area contributed by atoms with Gasteiger partial charge in [0.1, 0.15) is 13.2 Å². The van der Waals surface area contributed by atoms with E-state index in [2.05, 4.69) is 35.9 Å². The highest BCUT2D eigenvalue weighted by Crippen LogP contribution is 2.34. The van der Waals surface area contributed by atoms with Crippen LogP contribution in [0.3, 0.4) is 0 Å². The van der Waals surface area contributed by atoms with Crippen LogP contribution in [0, 0.1) is 6.92 Å². The van der Waals surface area contributed by atoms with Crippen molar-refractivity contribution in [3.05, 3.63) is 41.7 Å². The predicted octanol–water partition coefficient (Wildman–Crippen LogP) is 3.57. The number of carbonyl (C=O) groups excluding carboxylic acids is 1. The molecule has 0 spiro atoms. The van der Waals surface area contributed by atoms with E-state index in [0.29, 0.717) is 25.5 Å². The summed E-state index contributed by atoms with van der Waals surface area (Å²) in [5.74, 6) is 1.40. The number of nitrogens with zero attached hydrogens (tertiary/aromatic N) is 2. The zero-order chi connectivity index (χ0) is 17.4. The average Bonchev–Trinajstić information content (AvgIpc) is 3.02. The van der Waals surface area contributed by atoms with E-state index >= 15 is 0 Å². The molecule has 0 aliphatic carbocycles. The lowest BCUT2D eigenvalue weighted by Gasteiger charge is -2.37. The number of hydrogen-bond acceptors (Lipinski definition) is 3. The van der Waals surface area contributed by atoms with Crippen LogP contribution in [0.1, 0.15) is 30.8 Å². The number of aryl methyl sites for hydroxylation is 1. The number of anilines is 1. The number of fused-ring (bicyclic) bond motifs is 2. The summed E-state index contributed by atoms with van der Waals surface area (Å²) in [6, 6.07) is 9.79. The molecule has 1 aromatic heterocycles. The van der Waals surface area contributed by atoms with E-state index in [1.54, 1.807) is 0 Å². The summed E-state index contributed by atoms with van der Waals surface area (Å²) in [5.41, 5.74) is 3.19. The Morgan fingerprint density at radius 3 is 2.76 bits per heavy atom. The van der Waals surface area contributed by atoms with Crippen LogP contribution in [0.25, 0.3) is 0 Å². The van der Waals surface area contributed by atoms with Gasteiger partial charge in [0.2, 0.25) is 0 Å². The molecule has 1 atom stereocenters. The largest absolute Gasteiger partial charge is 0.486 e. The number of nitrogens with one attached hydrogen (secondary N) is 1. The van der Waals surface area contributed by atoms with Gasteiger partial charge in [-0.3, -0.25) is 0 Å². The summed E-state index contributed by atoms with van der Waals surface area (Å²) in [7, 11) is 0. The van der Waals surface area contributed by atoms with Crippen molar-refractivity contribution in [3.63, 3.8) is 0 Å². The molecule has 2 amide bonds. The summed E-state index contributed by atoms with van der Waals surface area (Å²) in [5, 5.41) is 3.01. The highest BCUT2D eigenvalue weighted by atomic mass is 16.6. The number of ether oxygens (including phenoxy) is 2. The van der Waals surface area contributed by atoms with Crippen LogP contribution < -0.4 is 14.8 Å². The zero-order valence-corrected chi connectivity index (χ0v) is 14.6. The fourth-order valence-electron chi connectivity index (χ4n) is 3.70. The smallest absolute Gasteiger partial charge is 0.322 e. The number of aromatic nitrogens is 1. The van der Waals surface area contributed by atoms with Gasteiger partial charge >= 0.3 is 6.03 Å². The Morgan fingerprint density at radius 2 is 1.96 bits per heavy atom. The van der Waals surface area contributed by atoms with E-state index in [9.17, 15) is 4.79 Å². The molecule has 1 aromatic carbocycles. The first-order valence-corrected chi connectivity index (χ1v) is 8.80. The minimum absolute atomic E-state index is 0.0753. The van der Waals surface area contributed by atoms with Gasteiger partial charge in [0.25, 0.3) is 0 Å². The van der Waals surface area contributed by atoms with E-state index in [0.717, 1.165) is 24.4 Å². The maximum absolute atomic E-state index is 12.9. The number of urea groups is 1. The van der Waals surface area contributed by atoms with E-state index in [4.69, 9.17) is 9.47 Å². The second-order valence-electron chi connectivity index (χ2n) is 6.46. The molecule has 6 heteroatoms. The molecule has 2 aromatic rings. The topological polar surface area (TPSA) is 55.7 Å². The van der Waals surface area contributed by atoms with Gasteiger partial charge in [0.15, 0.2) is 11.5 Å². The third kappa shape index (κ3) is 2.81. The predicted molar refractivity (Wildman–Crippen MR) is 95.4 cm³/mol. The van der Waals surface area contributed by atoms with Gasteiger partial charge < -0.3 is 24.3 Å². The molecule has 0 saturated carbocycles. The monoisotopic (exact) mass is 341 g/mol. The van der Waals surface area contributed by atoms with Gasteiger partial charge in [-0.15, -0.1) is 0 Å². The first-order chi connectivity index (χ1) is 12.2. The first-order valence-electron chi connectivity index (χ1n) is 8.80. The average molecular weight is 341 g/mol. The Morgan fingerprint density at radius 1 is 1.16 bits per heavy atom. The standard InChI is InChI=1S/C19H23N3O3/c1-3-15-16-6-4-13(2)21(16)8-9-22(15)19(23)20-14-5-7-17-18(12-14)25-11-10-24-17/h4-7,12,15H,3,8-11H2,1-2H3,(H,20,23)/t15-/m1/s1. The molecule has 0 unspecified atom stereocenters. The van der Waals surface area contributed by atoms with E-state index in [-0.39, 0.29) is 12.1 Å². The summed E-state index contributed by atoms with van der Waals surface area (Å²) < 4.78 is 13.4. The van der Waals surface area contributed by atoms with Gasteiger partial charge in [0.05, 0.1) is 6.04 Å². The molecule has 6 nitrogen and oxygen atoms in total. The maximum Gasteiger partial charge on any atom is 0.322 e. The van der Waals surface area contributed by atoms with Crippen LogP contribution in [-0.2, 0) is 6.54 Å². The summed E-state index contributed by atoms with van der Waals surface area (Å²) in [6.07, 6.45) is 0.887. The Kier molecular flexibility index (Phi) is 4.03. The SMILES string of the molecule is CC[C@@H]1c2ccc(C)n2CCN1C(=O)Nc1ccc2c(c1)OCCO2. The lowest BCUT2D eigenvalue weighted by atomic mass is 10.1. The summed E-state index contributed by atoms with van der Waals surface area (Å²) in [4.78, 5) is 14.8. The Bertz CT molecular complexity index is 799. The van der Waals surface area contributed by atoms with Gasteiger partial charge in [-0.25, -0.2) is 4.79 Å². The molecule has 0 radical (unpaired) electrons. The molecule has 0 bridgehead atoms. The third-order valence-corrected chi connectivity index (χ3v) is 4.96. The van der Waals surface area contributed by atoms with Gasteiger partial charge in [-0.1, -0.05) is 6.92 Å². The maximum atomic E-state index is 12.9. The van der Waals surface area contributed by atoms with Crippen LogP contribution in [0.15, 0.2) is 30.3 Å². The number of benzene rings is 1. The van der Waals surface area contributed by atoms with Crippen molar-refractivity contribution in [2.45, 2.75) is 32.9 Å². The Labute approximate surface area is 147 Å². The highest BCUT2D eigenvalue weighted by molar-refractivity contribution is 5.90. The van der Waals surface area contributed by atoms with Crippen molar-refractivity contribution in [2.24, 2.45) is 0 Å². The van der Waals surface area contributed by atoms with Crippen molar-refractivity contribution in [2.75, 3.05) is 25.1 Å². The Hall–Kier alpha value is -2.63. The molecule has 25 heavy (non-hydrogen) atoms. The van der Waals surface area contributed by atoms with Crippen molar-refractivity contribution in [3.8, 4) is 11.5 Å². The first kappa shape index (κ1) is 15.9. The van der Waals surface area contributed by atoms with E-state index in [1.165, 1.54) is 11.4 Å². The molecule has 2 aliphatic rings. The van der Waals surface area contributed by atoms with Gasteiger partial charge in [0, 0.05) is 36.2 Å². The lowest BCUT2D eigenvalue weighted by Crippen LogP contribution is -2.44. The van der Waals surface area contributed by atoms with Gasteiger partial charge in [-0.05, 0) is 37.6 Å². The normalized spacial score (nSPS) is 18.6. The van der Waals surface area contributed by atoms with Crippen molar-refractivity contribution < 1.29 is 14.3 Å².